The average Bonchev–Trinajstić information content (AvgIpc) is 3.12. The van der Waals surface area contributed by atoms with Gasteiger partial charge in [0.15, 0.2) is 0 Å². The number of aliphatic carboxylic acids is 1. The van der Waals surface area contributed by atoms with Crippen molar-refractivity contribution >= 4 is 18.0 Å². The number of carbonyl (C=O) groups is 2. The van der Waals surface area contributed by atoms with E-state index in [-0.39, 0.29) is 17.3 Å². The standard InChI is InChI=1S/C24H32O5/c1-16-6-10-20-23(2,13-5-14-24(20,3)22(27)28-4)18(16)8-7-17-12-15-29-19(17)9-11-21(25)26/h9,11-12,15,18,20H,1,5-8,10,13-14H2,2-4H3,(H,25,26)/p-1/b11-9+/t18-,20+,23+,24-/m0/s1. The highest BCUT2D eigenvalue weighted by Crippen LogP contribution is 2.62. The van der Waals surface area contributed by atoms with E-state index in [2.05, 4.69) is 20.4 Å². The van der Waals surface area contributed by atoms with Crippen LogP contribution in [0.5, 0.6) is 0 Å². The number of carboxylic acid groups (broad SMARTS) is 1. The first-order valence-electron chi connectivity index (χ1n) is 10.4. The predicted octanol–water partition coefficient (Wildman–Crippen LogP) is 3.93. The van der Waals surface area contributed by atoms with Crippen molar-refractivity contribution in [2.24, 2.45) is 22.7 Å². The number of allylic oxidation sites excluding steroid dienone is 1. The van der Waals surface area contributed by atoms with Gasteiger partial charge in [-0.1, -0.05) is 25.5 Å². The van der Waals surface area contributed by atoms with Crippen LogP contribution in [0.4, 0.5) is 0 Å². The van der Waals surface area contributed by atoms with Crippen molar-refractivity contribution in [1.29, 1.82) is 0 Å². The van der Waals surface area contributed by atoms with Crippen LogP contribution in [-0.4, -0.2) is 19.0 Å². The molecule has 5 heteroatoms. The molecule has 0 N–H and O–H groups in total. The minimum Gasteiger partial charge on any atom is -0.545 e. The first-order valence-corrected chi connectivity index (χ1v) is 10.4. The number of carboxylic acids is 1. The molecule has 0 spiro atoms. The van der Waals surface area contributed by atoms with Crippen molar-refractivity contribution in [2.45, 2.75) is 58.8 Å². The normalized spacial score (nSPS) is 32.2. The van der Waals surface area contributed by atoms with Crippen LogP contribution in [0, 0.1) is 22.7 Å². The van der Waals surface area contributed by atoms with Gasteiger partial charge in [-0.3, -0.25) is 4.79 Å². The molecule has 3 rings (SSSR count). The number of hydrogen-bond acceptors (Lipinski definition) is 5. The lowest BCUT2D eigenvalue weighted by Gasteiger charge is -2.57. The number of fused-ring (bicyclic) bond motifs is 1. The smallest absolute Gasteiger partial charge is 0.311 e. The molecule has 1 aromatic rings. The van der Waals surface area contributed by atoms with Gasteiger partial charge in [-0.15, -0.1) is 0 Å². The minimum atomic E-state index is -1.24. The van der Waals surface area contributed by atoms with E-state index in [1.807, 2.05) is 6.07 Å². The van der Waals surface area contributed by atoms with Gasteiger partial charge < -0.3 is 19.1 Å². The summed E-state index contributed by atoms with van der Waals surface area (Å²) in [7, 11) is 1.49. The number of rotatable bonds is 6. The van der Waals surface area contributed by atoms with Crippen molar-refractivity contribution in [1.82, 2.24) is 0 Å². The summed E-state index contributed by atoms with van der Waals surface area (Å²) in [4.78, 5) is 23.4. The summed E-state index contributed by atoms with van der Waals surface area (Å²) < 4.78 is 10.6. The number of ether oxygens (including phenoxy) is 1. The summed E-state index contributed by atoms with van der Waals surface area (Å²) in [5.74, 6) is -0.204. The molecule has 0 amide bonds. The number of aryl methyl sites for hydroxylation is 1. The summed E-state index contributed by atoms with van der Waals surface area (Å²) in [6.07, 6.45) is 10.5. The second-order valence-corrected chi connectivity index (χ2v) is 9.07. The van der Waals surface area contributed by atoms with E-state index in [9.17, 15) is 14.7 Å². The lowest BCUT2D eigenvalue weighted by molar-refractivity contribution is -0.297. The molecular weight excluding hydrogens is 368 g/mol. The van der Waals surface area contributed by atoms with Crippen LogP contribution in [-0.2, 0) is 20.7 Å². The number of hydrogen-bond donors (Lipinski definition) is 0. The van der Waals surface area contributed by atoms with E-state index < -0.39 is 11.4 Å². The van der Waals surface area contributed by atoms with Crippen LogP contribution in [0.1, 0.15) is 63.7 Å². The molecule has 0 aromatic carbocycles. The Hall–Kier alpha value is -2.30. The van der Waals surface area contributed by atoms with Crippen LogP contribution in [0.3, 0.4) is 0 Å². The molecule has 2 aliphatic rings. The molecule has 1 aromatic heterocycles. The molecule has 2 aliphatic carbocycles. The van der Waals surface area contributed by atoms with Gasteiger partial charge in [0.25, 0.3) is 0 Å². The molecule has 4 atom stereocenters. The Bertz CT molecular complexity index is 819. The Morgan fingerprint density at radius 1 is 1.38 bits per heavy atom. The van der Waals surface area contributed by atoms with E-state index in [1.54, 1.807) is 6.26 Å². The number of esters is 1. The van der Waals surface area contributed by atoms with Gasteiger partial charge in [0.2, 0.25) is 0 Å². The fraction of sp³-hybridized carbons (Fsp3) is 0.583. The largest absolute Gasteiger partial charge is 0.545 e. The zero-order chi connectivity index (χ0) is 21.2. The van der Waals surface area contributed by atoms with Crippen LogP contribution < -0.4 is 5.11 Å². The van der Waals surface area contributed by atoms with Gasteiger partial charge in [0.05, 0.1) is 24.8 Å². The Morgan fingerprint density at radius 2 is 2.14 bits per heavy atom. The fourth-order valence-corrected chi connectivity index (χ4v) is 6.10. The van der Waals surface area contributed by atoms with E-state index >= 15 is 0 Å². The van der Waals surface area contributed by atoms with Crippen LogP contribution in [0.2, 0.25) is 0 Å². The molecule has 0 saturated heterocycles. The van der Waals surface area contributed by atoms with Crippen LogP contribution in [0.15, 0.2) is 35.0 Å². The highest BCUT2D eigenvalue weighted by molar-refractivity contribution is 5.83. The van der Waals surface area contributed by atoms with Gasteiger partial charge >= 0.3 is 5.97 Å². The molecular formula is C24H31O5-. The maximum atomic E-state index is 12.7. The lowest BCUT2D eigenvalue weighted by Crippen LogP contribution is -2.53. The van der Waals surface area contributed by atoms with Gasteiger partial charge in [0.1, 0.15) is 5.76 Å². The van der Waals surface area contributed by atoms with Crippen molar-refractivity contribution in [3.8, 4) is 0 Å². The van der Waals surface area contributed by atoms with Crippen molar-refractivity contribution in [3.05, 3.63) is 41.9 Å². The maximum Gasteiger partial charge on any atom is 0.311 e. The Kier molecular flexibility index (Phi) is 6.06. The molecule has 1 heterocycles. The summed E-state index contributed by atoms with van der Waals surface area (Å²) in [6, 6.07) is 1.89. The topological polar surface area (TPSA) is 79.6 Å². The predicted molar refractivity (Wildman–Crippen MR) is 109 cm³/mol. The third kappa shape index (κ3) is 3.92. The summed E-state index contributed by atoms with van der Waals surface area (Å²) in [5, 5.41) is 10.7. The van der Waals surface area contributed by atoms with E-state index in [0.717, 1.165) is 56.6 Å². The number of furan rings is 1. The van der Waals surface area contributed by atoms with E-state index in [0.29, 0.717) is 11.7 Å². The van der Waals surface area contributed by atoms with Gasteiger partial charge in [0, 0.05) is 0 Å². The molecule has 0 aliphatic heterocycles. The summed E-state index contributed by atoms with van der Waals surface area (Å²) in [5.41, 5.74) is 1.79. The first kappa shape index (κ1) is 21.4. The fourth-order valence-electron chi connectivity index (χ4n) is 6.10. The van der Waals surface area contributed by atoms with Crippen molar-refractivity contribution < 1.29 is 23.8 Å². The first-order chi connectivity index (χ1) is 13.7. The second-order valence-electron chi connectivity index (χ2n) is 9.07. The Balaban J connectivity index is 1.82. The summed E-state index contributed by atoms with van der Waals surface area (Å²) >= 11 is 0. The maximum absolute atomic E-state index is 12.7. The molecule has 158 valence electrons. The second kappa shape index (κ2) is 8.21. The SMILES string of the molecule is C=C1CC[C@@H]2[C@](C)(CCC[C@]2(C)C(=O)OC)[C@H]1CCc1ccoc1/C=C/C(=O)[O-]. The summed E-state index contributed by atoms with van der Waals surface area (Å²) in [6.45, 7) is 8.78. The van der Waals surface area contributed by atoms with Crippen LogP contribution in [0.25, 0.3) is 6.08 Å². The molecule has 0 unspecified atom stereocenters. The molecule has 2 fully saturated rings. The van der Waals surface area contributed by atoms with E-state index in [4.69, 9.17) is 9.15 Å². The monoisotopic (exact) mass is 399 g/mol. The highest BCUT2D eigenvalue weighted by atomic mass is 16.5. The number of carbonyl (C=O) groups excluding carboxylic acids is 2. The molecule has 2 saturated carbocycles. The third-order valence-corrected chi connectivity index (χ3v) is 7.53. The quantitative estimate of drug-likeness (QED) is 0.411. The molecule has 0 radical (unpaired) electrons. The van der Waals surface area contributed by atoms with Gasteiger partial charge in [-0.05, 0) is 86.5 Å². The van der Waals surface area contributed by atoms with Crippen LogP contribution >= 0.6 is 0 Å². The Labute approximate surface area is 172 Å². The zero-order valence-corrected chi connectivity index (χ0v) is 17.7. The molecule has 0 bridgehead atoms. The van der Waals surface area contributed by atoms with Crippen molar-refractivity contribution in [3.63, 3.8) is 0 Å². The number of methoxy groups -OCH3 is 1. The van der Waals surface area contributed by atoms with Crippen molar-refractivity contribution in [2.75, 3.05) is 7.11 Å². The van der Waals surface area contributed by atoms with E-state index in [1.165, 1.54) is 18.8 Å². The molecule has 5 nitrogen and oxygen atoms in total. The highest BCUT2D eigenvalue weighted by Gasteiger charge is 2.57. The minimum absolute atomic E-state index is 0.00124. The zero-order valence-electron chi connectivity index (χ0n) is 17.7. The average molecular weight is 400 g/mol. The lowest BCUT2D eigenvalue weighted by atomic mass is 9.46. The van der Waals surface area contributed by atoms with Gasteiger partial charge in [-0.2, -0.15) is 0 Å². The molecule has 29 heavy (non-hydrogen) atoms. The van der Waals surface area contributed by atoms with Gasteiger partial charge in [-0.25, -0.2) is 0 Å². The Morgan fingerprint density at radius 3 is 2.83 bits per heavy atom. The third-order valence-electron chi connectivity index (χ3n) is 7.53.